The number of unbranched alkanes of at least 4 members (excludes halogenated alkanes) is 8. The Morgan fingerprint density at radius 3 is 2.23 bits per heavy atom. The van der Waals surface area contributed by atoms with Crippen LogP contribution in [0.25, 0.3) is 0 Å². The molecule has 1 aromatic heterocycles. The van der Waals surface area contributed by atoms with Crippen molar-refractivity contribution in [2.75, 3.05) is 13.2 Å². The Bertz CT molecular complexity index is 1480. The minimum atomic E-state index is -5.94. The number of hydrogen-bond donors (Lipinski definition) is 7. The van der Waals surface area contributed by atoms with Gasteiger partial charge in [-0.1, -0.05) is 64.7 Å². The molecule has 52 heavy (non-hydrogen) atoms. The molecule has 0 spiro atoms. The van der Waals surface area contributed by atoms with Crippen LogP contribution in [0, 0.1) is 0 Å². The third-order valence-corrected chi connectivity index (χ3v) is 11.1. The van der Waals surface area contributed by atoms with Gasteiger partial charge in [0, 0.05) is 12.3 Å². The van der Waals surface area contributed by atoms with Gasteiger partial charge < -0.3 is 59.8 Å². The minimum absolute atomic E-state index is 0.316. The maximum absolute atomic E-state index is 12.6. The van der Waals surface area contributed by atoms with Crippen molar-refractivity contribution < 1.29 is 82.5 Å². The van der Waals surface area contributed by atoms with Gasteiger partial charge in [-0.15, -0.1) is 0 Å². The Labute approximate surface area is 298 Å². The molecule has 2 fully saturated rings. The van der Waals surface area contributed by atoms with E-state index in [0.717, 1.165) is 37.9 Å². The molecule has 0 radical (unpaired) electrons. The van der Waals surface area contributed by atoms with Crippen molar-refractivity contribution in [2.45, 2.75) is 139 Å². The molecule has 2 aliphatic rings. The highest BCUT2D eigenvalue weighted by atomic mass is 31.3. The third-order valence-electron chi connectivity index (χ3n) is 8.58. The average Bonchev–Trinajstić information content (AvgIpc) is 3.34. The summed E-state index contributed by atoms with van der Waals surface area (Å²) in [7, 11) is -11.8. The van der Waals surface area contributed by atoms with Crippen LogP contribution in [0.4, 0.5) is 0 Å². The largest absolute Gasteiger partial charge is 0.756 e. The second kappa shape index (κ2) is 20.7. The maximum Gasteiger partial charge on any atom is 0.330 e. The Kier molecular flexibility index (Phi) is 17.7. The van der Waals surface area contributed by atoms with Crippen LogP contribution in [-0.2, 0) is 41.5 Å². The number of ether oxygens (including phenoxy) is 3. The Balaban J connectivity index is 1.51. The Morgan fingerprint density at radius 2 is 1.62 bits per heavy atom. The van der Waals surface area contributed by atoms with E-state index in [1.165, 1.54) is 25.7 Å². The number of rotatable bonds is 22. The van der Waals surface area contributed by atoms with Gasteiger partial charge in [0.05, 0.1) is 25.7 Å². The van der Waals surface area contributed by atoms with Gasteiger partial charge in [0.1, 0.15) is 30.5 Å². The third kappa shape index (κ3) is 13.4. The first-order valence-electron chi connectivity index (χ1n) is 17.1. The highest BCUT2D eigenvalue weighted by Gasteiger charge is 2.50. The summed E-state index contributed by atoms with van der Waals surface area (Å²) >= 11 is 0. The molecule has 2 unspecified atom stereocenters. The number of nitrogens with one attached hydrogen (secondary N) is 1. The zero-order valence-corrected chi connectivity index (χ0v) is 30.5. The summed E-state index contributed by atoms with van der Waals surface area (Å²) in [5.41, 5.74) is 1.82. The summed E-state index contributed by atoms with van der Waals surface area (Å²) in [6, 6.07) is -0.614. The van der Waals surface area contributed by atoms with Crippen LogP contribution in [0.2, 0.25) is 0 Å². The molecule has 23 heteroatoms. The highest BCUT2D eigenvalue weighted by Crippen LogP contribution is 2.57. The fourth-order valence-electron chi connectivity index (χ4n) is 5.75. The first-order chi connectivity index (χ1) is 24.5. The number of phosphoric acid groups is 2. The standard InChI is InChI=1S/C29H51N3O18P2/c1-2-3-4-5-6-7-8-9-10-11-17(34)14-21(36)48-26-22(30)28(47-18(15-33)24(26)38)49-52(43,44)50-51(41,42)45-16-19-23(37)25(39)27(46-19)32-13-12-20(35)31-29(32)40/h12-13,17-19,22-28,33-34,37-39H,2-11,14-16,30H2,1H3,(H,41,42)(H,43,44)(H,31,35,40)/p-1/t17-,18-,19-,22-,23-,24-,25-,26-,27-,28-/m1/s1. The molecule has 0 saturated carbocycles. The summed E-state index contributed by atoms with van der Waals surface area (Å²) < 4.78 is 54.8. The number of esters is 1. The first kappa shape index (κ1) is 44.5. The number of H-pyrrole nitrogens is 1. The van der Waals surface area contributed by atoms with E-state index in [4.69, 9.17) is 18.7 Å². The van der Waals surface area contributed by atoms with E-state index in [1.807, 2.05) is 4.98 Å². The number of phosphoric ester groups is 2. The zero-order valence-electron chi connectivity index (χ0n) is 28.7. The smallest absolute Gasteiger partial charge is 0.330 e. The van der Waals surface area contributed by atoms with Gasteiger partial charge in [-0.2, -0.15) is 0 Å². The number of quaternary nitrogens is 1. The molecule has 0 aromatic carbocycles. The molecule has 2 saturated heterocycles. The average molecular weight is 791 g/mol. The van der Waals surface area contributed by atoms with Crippen molar-refractivity contribution in [1.29, 1.82) is 0 Å². The van der Waals surface area contributed by atoms with Gasteiger partial charge in [-0.05, 0) is 6.42 Å². The van der Waals surface area contributed by atoms with Crippen LogP contribution >= 0.6 is 15.6 Å². The van der Waals surface area contributed by atoms with Crippen LogP contribution in [0.15, 0.2) is 21.9 Å². The van der Waals surface area contributed by atoms with Gasteiger partial charge in [0.15, 0.2) is 18.4 Å². The molecule has 0 bridgehead atoms. The van der Waals surface area contributed by atoms with E-state index in [9.17, 15) is 58.8 Å². The van der Waals surface area contributed by atoms with E-state index < -0.39 is 114 Å². The normalized spacial score (nSPS) is 30.8. The predicted octanol–water partition coefficient (Wildman–Crippen LogP) is -2.59. The molecule has 9 N–H and O–H groups in total. The number of aliphatic hydroxyl groups excluding tert-OH is 5. The van der Waals surface area contributed by atoms with Gasteiger partial charge in [-0.3, -0.25) is 32.8 Å². The van der Waals surface area contributed by atoms with E-state index >= 15 is 0 Å². The fourth-order valence-corrected chi connectivity index (χ4v) is 7.86. The van der Waals surface area contributed by atoms with Crippen molar-refractivity contribution >= 4 is 21.6 Å². The summed E-state index contributed by atoms with van der Waals surface area (Å²) in [6.07, 6.45) is -4.57. The Morgan fingerprint density at radius 1 is 0.981 bits per heavy atom. The molecule has 1 aromatic rings. The molecule has 3 heterocycles. The number of carbonyl (C=O) groups excluding carboxylic acids is 1. The lowest BCUT2D eigenvalue weighted by Crippen LogP contribution is -2.78. The molecule has 300 valence electrons. The van der Waals surface area contributed by atoms with Crippen LogP contribution in [-0.4, -0.2) is 109 Å². The fraction of sp³-hybridized carbons (Fsp3) is 0.828. The van der Waals surface area contributed by atoms with Crippen LogP contribution in [0.1, 0.15) is 83.8 Å². The van der Waals surface area contributed by atoms with E-state index in [0.29, 0.717) is 17.4 Å². The lowest BCUT2D eigenvalue weighted by molar-refractivity contribution is -0.496. The first-order valence-corrected chi connectivity index (χ1v) is 20.0. The van der Waals surface area contributed by atoms with Crippen molar-refractivity contribution in [2.24, 2.45) is 0 Å². The summed E-state index contributed by atoms with van der Waals surface area (Å²) in [5, 5.41) is 51.2. The number of hydrogen-bond acceptors (Lipinski definition) is 18. The van der Waals surface area contributed by atoms with Gasteiger partial charge >= 0.3 is 11.7 Å². The van der Waals surface area contributed by atoms with Crippen LogP contribution < -0.4 is 26.8 Å². The van der Waals surface area contributed by atoms with Crippen molar-refractivity contribution in [3.8, 4) is 0 Å². The quantitative estimate of drug-likeness (QED) is 0.0360. The summed E-state index contributed by atoms with van der Waals surface area (Å²) in [5.74, 6) is -0.966. The highest BCUT2D eigenvalue weighted by molar-refractivity contribution is 7.59. The van der Waals surface area contributed by atoms with Crippen LogP contribution in [0.5, 0.6) is 0 Å². The SMILES string of the molecule is CCCCCCCCCCC[C@@H](O)CC(=O)O[C@@H]1[C@@H]([NH3+])[C@@H](OP(=O)([O-])OP(=O)([O-])OC[C@H]2O[C@@H](n3ccc(=O)[nH]c3=O)[C@H](O)[C@@H]2O)O[C@H](CO)[C@H]1O. The van der Waals surface area contributed by atoms with Crippen LogP contribution in [0.3, 0.4) is 0 Å². The van der Waals surface area contributed by atoms with Crippen molar-refractivity contribution in [1.82, 2.24) is 9.55 Å². The van der Waals surface area contributed by atoms with E-state index in [1.54, 1.807) is 0 Å². The Hall–Kier alpha value is -1.91. The van der Waals surface area contributed by atoms with Crippen molar-refractivity contribution in [3.63, 3.8) is 0 Å². The monoisotopic (exact) mass is 790 g/mol. The molecule has 0 aliphatic carbocycles. The maximum atomic E-state index is 12.6. The summed E-state index contributed by atoms with van der Waals surface area (Å²) in [6.45, 7) is 0.118. The van der Waals surface area contributed by atoms with Gasteiger partial charge in [-0.25, -0.2) is 9.11 Å². The second-order valence-electron chi connectivity index (χ2n) is 12.8. The molecule has 2 aliphatic heterocycles. The molecule has 3 rings (SSSR count). The molecular formula is C29H50N3O18P2-. The van der Waals surface area contributed by atoms with E-state index in [2.05, 4.69) is 21.5 Å². The van der Waals surface area contributed by atoms with Gasteiger partial charge in [0.25, 0.3) is 21.2 Å². The zero-order chi connectivity index (χ0) is 38.6. The topological polar surface area (TPSA) is 336 Å². The molecule has 12 atom stereocenters. The lowest BCUT2D eigenvalue weighted by atomic mass is 9.97. The molecule has 21 nitrogen and oxygen atoms in total. The number of nitrogens with zero attached hydrogens (tertiary/aromatic N) is 1. The molecular weight excluding hydrogens is 740 g/mol. The van der Waals surface area contributed by atoms with E-state index in [-0.39, 0.29) is 0 Å². The number of carbonyl (C=O) groups is 1. The summed E-state index contributed by atoms with van der Waals surface area (Å²) in [4.78, 5) is 62.9. The lowest BCUT2D eigenvalue weighted by Gasteiger charge is -2.42. The second-order valence-corrected chi connectivity index (χ2v) is 15.7. The number of aliphatic hydroxyl groups is 5. The van der Waals surface area contributed by atoms with Crippen molar-refractivity contribution in [3.05, 3.63) is 33.1 Å². The predicted molar refractivity (Wildman–Crippen MR) is 171 cm³/mol. The number of aromatic nitrogens is 2. The molecule has 0 amide bonds. The minimum Gasteiger partial charge on any atom is -0.756 e. The number of aromatic amines is 1. The van der Waals surface area contributed by atoms with Gasteiger partial charge in [0.2, 0.25) is 6.29 Å².